The van der Waals surface area contributed by atoms with Crippen molar-refractivity contribution in [3.63, 3.8) is 0 Å². The molecule has 0 aromatic heterocycles. The second-order valence-corrected chi connectivity index (χ2v) is 4.37. The van der Waals surface area contributed by atoms with E-state index in [0.717, 1.165) is 5.56 Å². The molecular formula is C13H15NO3. The maximum absolute atomic E-state index is 11.4. The largest absolute Gasteiger partial charge is 0.480 e. The van der Waals surface area contributed by atoms with Crippen molar-refractivity contribution in [3.8, 4) is 0 Å². The lowest BCUT2D eigenvalue weighted by Gasteiger charge is -2.19. The number of amides is 1. The Morgan fingerprint density at radius 2 is 1.94 bits per heavy atom. The SMILES string of the molecule is CC(=O)N1C[C@H](c2ccccc2)C[C@H]1C(=O)O. The predicted octanol–water partition coefficient (Wildman–Crippen LogP) is 1.48. The van der Waals surface area contributed by atoms with Crippen molar-refractivity contribution in [2.45, 2.75) is 25.3 Å². The summed E-state index contributed by atoms with van der Waals surface area (Å²) in [6.07, 6.45) is 0.499. The molecule has 0 radical (unpaired) electrons. The maximum atomic E-state index is 11.4. The van der Waals surface area contributed by atoms with Crippen LogP contribution < -0.4 is 0 Å². The van der Waals surface area contributed by atoms with Crippen LogP contribution in [0.25, 0.3) is 0 Å². The highest BCUT2D eigenvalue weighted by Gasteiger charge is 2.38. The van der Waals surface area contributed by atoms with Gasteiger partial charge in [0.15, 0.2) is 0 Å². The van der Waals surface area contributed by atoms with Crippen LogP contribution in [-0.2, 0) is 9.59 Å². The minimum Gasteiger partial charge on any atom is -0.480 e. The highest BCUT2D eigenvalue weighted by Crippen LogP contribution is 2.31. The normalized spacial score (nSPS) is 23.7. The predicted molar refractivity (Wildman–Crippen MR) is 62.6 cm³/mol. The Kier molecular flexibility index (Phi) is 3.13. The van der Waals surface area contributed by atoms with E-state index in [1.807, 2.05) is 30.3 Å². The maximum Gasteiger partial charge on any atom is 0.326 e. The molecule has 1 aliphatic rings. The van der Waals surface area contributed by atoms with Gasteiger partial charge in [-0.2, -0.15) is 0 Å². The number of benzene rings is 1. The zero-order valence-electron chi connectivity index (χ0n) is 9.67. The van der Waals surface area contributed by atoms with Crippen LogP contribution >= 0.6 is 0 Å². The van der Waals surface area contributed by atoms with Gasteiger partial charge in [-0.1, -0.05) is 30.3 Å². The fraction of sp³-hybridized carbons (Fsp3) is 0.385. The van der Waals surface area contributed by atoms with E-state index in [0.29, 0.717) is 13.0 Å². The van der Waals surface area contributed by atoms with Crippen molar-refractivity contribution in [1.29, 1.82) is 0 Å². The first kappa shape index (κ1) is 11.6. The lowest BCUT2D eigenvalue weighted by Crippen LogP contribution is -2.39. The molecule has 1 fully saturated rings. The average Bonchev–Trinajstić information content (AvgIpc) is 2.75. The standard InChI is InChI=1S/C13H15NO3/c1-9(15)14-8-11(7-12(14)13(16)17)10-5-3-2-4-6-10/h2-6,11-12H,7-8H2,1H3,(H,16,17)/t11-,12+/m1/s1. The van der Waals surface area contributed by atoms with E-state index in [1.54, 1.807) is 0 Å². The summed E-state index contributed by atoms with van der Waals surface area (Å²) in [4.78, 5) is 23.9. The number of rotatable bonds is 2. The number of carboxylic acid groups (broad SMARTS) is 1. The van der Waals surface area contributed by atoms with Crippen LogP contribution in [0.1, 0.15) is 24.8 Å². The molecule has 0 saturated carbocycles. The van der Waals surface area contributed by atoms with Crippen LogP contribution in [-0.4, -0.2) is 34.5 Å². The quantitative estimate of drug-likeness (QED) is 0.841. The summed E-state index contributed by atoms with van der Waals surface area (Å²) in [5.41, 5.74) is 1.10. The molecule has 1 aliphatic heterocycles. The molecule has 0 unspecified atom stereocenters. The van der Waals surface area contributed by atoms with Crippen LogP contribution in [0.3, 0.4) is 0 Å². The van der Waals surface area contributed by atoms with E-state index < -0.39 is 12.0 Å². The second-order valence-electron chi connectivity index (χ2n) is 4.37. The van der Waals surface area contributed by atoms with Gasteiger partial charge in [0.05, 0.1) is 0 Å². The molecule has 2 rings (SSSR count). The molecule has 2 atom stereocenters. The van der Waals surface area contributed by atoms with Crippen molar-refractivity contribution in [3.05, 3.63) is 35.9 Å². The number of likely N-dealkylation sites (tertiary alicyclic amines) is 1. The number of carbonyl (C=O) groups excluding carboxylic acids is 1. The molecule has 0 aliphatic carbocycles. The van der Waals surface area contributed by atoms with Crippen LogP contribution in [0.2, 0.25) is 0 Å². The van der Waals surface area contributed by atoms with Gasteiger partial charge in [0.1, 0.15) is 6.04 Å². The smallest absolute Gasteiger partial charge is 0.326 e. The number of hydrogen-bond donors (Lipinski definition) is 1. The van der Waals surface area contributed by atoms with Crippen LogP contribution in [0.4, 0.5) is 0 Å². The molecule has 1 amide bonds. The van der Waals surface area contributed by atoms with Crippen LogP contribution in [0, 0.1) is 0 Å². The summed E-state index contributed by atoms with van der Waals surface area (Å²) in [6, 6.07) is 9.07. The molecule has 1 aromatic rings. The zero-order valence-corrected chi connectivity index (χ0v) is 9.67. The summed E-state index contributed by atoms with van der Waals surface area (Å²) >= 11 is 0. The molecule has 1 heterocycles. The van der Waals surface area contributed by atoms with Crippen molar-refractivity contribution in [1.82, 2.24) is 4.90 Å². The number of carbonyl (C=O) groups is 2. The van der Waals surface area contributed by atoms with Gasteiger partial charge in [-0.3, -0.25) is 4.79 Å². The molecule has 90 valence electrons. The third kappa shape index (κ3) is 2.30. The van der Waals surface area contributed by atoms with Gasteiger partial charge >= 0.3 is 5.97 Å². The Morgan fingerprint density at radius 1 is 1.29 bits per heavy atom. The van der Waals surface area contributed by atoms with Gasteiger partial charge in [0.2, 0.25) is 5.91 Å². The van der Waals surface area contributed by atoms with Crippen molar-refractivity contribution in [2.24, 2.45) is 0 Å². The monoisotopic (exact) mass is 233 g/mol. The summed E-state index contributed by atoms with van der Waals surface area (Å²) in [6.45, 7) is 1.92. The lowest BCUT2D eigenvalue weighted by atomic mass is 9.96. The molecule has 4 heteroatoms. The molecule has 1 saturated heterocycles. The van der Waals surface area contributed by atoms with Crippen LogP contribution in [0.5, 0.6) is 0 Å². The first-order chi connectivity index (χ1) is 8.09. The van der Waals surface area contributed by atoms with E-state index in [9.17, 15) is 9.59 Å². The van der Waals surface area contributed by atoms with E-state index in [1.165, 1.54) is 11.8 Å². The first-order valence-corrected chi connectivity index (χ1v) is 5.64. The van der Waals surface area contributed by atoms with E-state index >= 15 is 0 Å². The molecule has 0 spiro atoms. The van der Waals surface area contributed by atoms with Gasteiger partial charge in [-0.15, -0.1) is 0 Å². The van der Waals surface area contributed by atoms with Gasteiger partial charge in [-0.05, 0) is 12.0 Å². The Balaban J connectivity index is 2.20. The number of aliphatic carboxylic acids is 1. The number of hydrogen-bond acceptors (Lipinski definition) is 2. The zero-order chi connectivity index (χ0) is 12.4. The fourth-order valence-electron chi connectivity index (χ4n) is 2.38. The molecular weight excluding hydrogens is 218 g/mol. The van der Waals surface area contributed by atoms with E-state index in [2.05, 4.69) is 0 Å². The summed E-state index contributed by atoms with van der Waals surface area (Å²) in [5.74, 6) is -0.962. The summed E-state index contributed by atoms with van der Waals surface area (Å²) in [5, 5.41) is 9.10. The number of nitrogens with zero attached hydrogens (tertiary/aromatic N) is 1. The highest BCUT2D eigenvalue weighted by molar-refractivity contribution is 5.83. The molecule has 1 N–H and O–H groups in total. The van der Waals surface area contributed by atoms with Crippen molar-refractivity contribution >= 4 is 11.9 Å². The topological polar surface area (TPSA) is 57.6 Å². The van der Waals surface area contributed by atoms with Crippen molar-refractivity contribution < 1.29 is 14.7 Å². The highest BCUT2D eigenvalue weighted by atomic mass is 16.4. The average molecular weight is 233 g/mol. The van der Waals surface area contributed by atoms with E-state index in [-0.39, 0.29) is 11.8 Å². The minimum atomic E-state index is -0.918. The Labute approximate surface area is 99.9 Å². The van der Waals surface area contributed by atoms with Crippen LogP contribution in [0.15, 0.2) is 30.3 Å². The van der Waals surface area contributed by atoms with Crippen molar-refractivity contribution in [2.75, 3.05) is 6.54 Å². The van der Waals surface area contributed by atoms with Gasteiger partial charge in [-0.25, -0.2) is 4.79 Å². The molecule has 1 aromatic carbocycles. The third-order valence-corrected chi connectivity index (χ3v) is 3.26. The second kappa shape index (κ2) is 4.57. The first-order valence-electron chi connectivity index (χ1n) is 5.64. The minimum absolute atomic E-state index is 0.126. The molecule has 4 nitrogen and oxygen atoms in total. The summed E-state index contributed by atoms with van der Waals surface area (Å²) in [7, 11) is 0. The third-order valence-electron chi connectivity index (χ3n) is 3.26. The Hall–Kier alpha value is -1.84. The van der Waals surface area contributed by atoms with Gasteiger partial charge in [0.25, 0.3) is 0 Å². The number of carboxylic acids is 1. The lowest BCUT2D eigenvalue weighted by molar-refractivity contribution is -0.147. The van der Waals surface area contributed by atoms with E-state index in [4.69, 9.17) is 5.11 Å². The summed E-state index contributed by atoms with van der Waals surface area (Å²) < 4.78 is 0. The fourth-order valence-corrected chi connectivity index (χ4v) is 2.38. The van der Waals surface area contributed by atoms with Gasteiger partial charge in [0, 0.05) is 19.4 Å². The Morgan fingerprint density at radius 3 is 2.41 bits per heavy atom. The molecule has 17 heavy (non-hydrogen) atoms. The molecule has 0 bridgehead atoms. The Bertz CT molecular complexity index is 408. The van der Waals surface area contributed by atoms with Gasteiger partial charge < -0.3 is 10.0 Å².